The van der Waals surface area contributed by atoms with Crippen molar-refractivity contribution in [1.29, 1.82) is 0 Å². The number of rotatable bonds is 2. The molecule has 2 aromatic rings. The molecule has 3 rings (SSSR count). The van der Waals surface area contributed by atoms with Crippen molar-refractivity contribution >= 4 is 22.6 Å². The lowest BCUT2D eigenvalue weighted by Crippen LogP contribution is -2.31. The monoisotopic (exact) mass is 282 g/mol. The first-order chi connectivity index (χ1) is 9.05. The number of hydrogen-bond donors (Lipinski definition) is 0. The Balaban J connectivity index is 2.29. The van der Waals surface area contributed by atoms with E-state index in [0.29, 0.717) is 23.6 Å². The largest absolute Gasteiger partial charge is 0.379 e. The number of fused-ring (bicyclic) bond motifs is 1. The number of nitrogens with zero attached hydrogens (tertiary/aromatic N) is 2. The molecular weight excluding hydrogens is 267 g/mol. The molecule has 1 aliphatic heterocycles. The SMILES string of the molecule is Cc1cc2c(cc1F)nc(CCl)n2C1(C)CCOC1. The molecule has 1 aliphatic rings. The van der Waals surface area contributed by atoms with Crippen LogP contribution in [-0.4, -0.2) is 22.8 Å². The highest BCUT2D eigenvalue weighted by Gasteiger charge is 2.34. The van der Waals surface area contributed by atoms with Crippen LogP contribution in [0.25, 0.3) is 11.0 Å². The van der Waals surface area contributed by atoms with E-state index in [1.807, 2.05) is 6.07 Å². The molecule has 3 nitrogen and oxygen atoms in total. The first kappa shape index (κ1) is 12.9. The molecular formula is C14H16ClFN2O. The molecule has 19 heavy (non-hydrogen) atoms. The summed E-state index contributed by atoms with van der Waals surface area (Å²) in [5, 5.41) is 0. The zero-order valence-corrected chi connectivity index (χ0v) is 11.8. The quantitative estimate of drug-likeness (QED) is 0.790. The van der Waals surface area contributed by atoms with Gasteiger partial charge >= 0.3 is 0 Å². The third kappa shape index (κ3) is 1.94. The molecule has 102 valence electrons. The summed E-state index contributed by atoms with van der Waals surface area (Å²) in [6.45, 7) is 5.27. The van der Waals surface area contributed by atoms with Gasteiger partial charge in [0.15, 0.2) is 0 Å². The van der Waals surface area contributed by atoms with E-state index >= 15 is 0 Å². The van der Waals surface area contributed by atoms with Gasteiger partial charge in [0, 0.05) is 12.7 Å². The van der Waals surface area contributed by atoms with E-state index in [2.05, 4.69) is 16.5 Å². The summed E-state index contributed by atoms with van der Waals surface area (Å²) in [6.07, 6.45) is 0.915. The molecule has 2 heterocycles. The van der Waals surface area contributed by atoms with Crippen molar-refractivity contribution in [2.45, 2.75) is 31.7 Å². The first-order valence-electron chi connectivity index (χ1n) is 6.37. The molecule has 1 aromatic carbocycles. The van der Waals surface area contributed by atoms with E-state index in [0.717, 1.165) is 24.4 Å². The topological polar surface area (TPSA) is 27.1 Å². The summed E-state index contributed by atoms with van der Waals surface area (Å²) in [7, 11) is 0. The molecule has 0 aliphatic carbocycles. The van der Waals surface area contributed by atoms with Crippen molar-refractivity contribution < 1.29 is 9.13 Å². The molecule has 0 radical (unpaired) electrons. The zero-order chi connectivity index (χ0) is 13.6. The minimum absolute atomic E-state index is 0.150. The number of alkyl halides is 1. The Kier molecular flexibility index (Phi) is 3.02. The van der Waals surface area contributed by atoms with E-state index in [9.17, 15) is 4.39 Å². The van der Waals surface area contributed by atoms with Gasteiger partial charge in [-0.1, -0.05) is 0 Å². The number of ether oxygens (including phenoxy) is 1. The molecule has 1 saturated heterocycles. The van der Waals surface area contributed by atoms with Crippen LogP contribution in [-0.2, 0) is 16.2 Å². The molecule has 1 unspecified atom stereocenters. The van der Waals surface area contributed by atoms with Crippen LogP contribution in [0.4, 0.5) is 4.39 Å². The molecule has 0 amide bonds. The van der Waals surface area contributed by atoms with Crippen LogP contribution in [0.1, 0.15) is 24.7 Å². The van der Waals surface area contributed by atoms with Gasteiger partial charge in [0.05, 0.1) is 29.1 Å². The van der Waals surface area contributed by atoms with Crippen molar-refractivity contribution in [3.8, 4) is 0 Å². The zero-order valence-electron chi connectivity index (χ0n) is 11.0. The maximum absolute atomic E-state index is 13.7. The summed E-state index contributed by atoms with van der Waals surface area (Å²) in [5.41, 5.74) is 2.06. The van der Waals surface area contributed by atoms with E-state index in [-0.39, 0.29) is 11.4 Å². The fraction of sp³-hybridized carbons (Fsp3) is 0.500. The summed E-state index contributed by atoms with van der Waals surface area (Å²) in [4.78, 5) is 4.46. The Morgan fingerprint density at radius 1 is 1.53 bits per heavy atom. The second-order valence-electron chi connectivity index (χ2n) is 5.39. The Labute approximate surface area is 116 Å². The van der Waals surface area contributed by atoms with E-state index in [1.165, 1.54) is 6.07 Å². The van der Waals surface area contributed by atoms with Crippen molar-refractivity contribution in [2.75, 3.05) is 13.2 Å². The number of aromatic nitrogens is 2. The summed E-state index contributed by atoms with van der Waals surface area (Å²) in [6, 6.07) is 3.33. The Morgan fingerprint density at radius 3 is 2.95 bits per heavy atom. The predicted octanol–water partition coefficient (Wildman–Crippen LogP) is 3.36. The number of benzene rings is 1. The lowest BCUT2D eigenvalue weighted by atomic mass is 10.0. The smallest absolute Gasteiger partial charge is 0.128 e. The summed E-state index contributed by atoms with van der Waals surface area (Å²) < 4.78 is 21.3. The van der Waals surface area contributed by atoms with E-state index in [4.69, 9.17) is 16.3 Å². The molecule has 0 bridgehead atoms. The van der Waals surface area contributed by atoms with Gasteiger partial charge in [-0.15, -0.1) is 11.6 Å². The maximum atomic E-state index is 13.7. The van der Waals surface area contributed by atoms with Gasteiger partial charge in [0.1, 0.15) is 11.6 Å². The number of hydrogen-bond acceptors (Lipinski definition) is 2. The minimum atomic E-state index is -0.230. The molecule has 5 heteroatoms. The molecule has 0 N–H and O–H groups in total. The van der Waals surface area contributed by atoms with Crippen LogP contribution in [0.15, 0.2) is 12.1 Å². The van der Waals surface area contributed by atoms with Crippen LogP contribution in [0, 0.1) is 12.7 Å². The average molecular weight is 283 g/mol. The van der Waals surface area contributed by atoms with Crippen LogP contribution in [0.2, 0.25) is 0 Å². The van der Waals surface area contributed by atoms with Gasteiger partial charge in [-0.2, -0.15) is 0 Å². The van der Waals surface area contributed by atoms with Crippen molar-refractivity contribution in [1.82, 2.24) is 9.55 Å². The van der Waals surface area contributed by atoms with Crippen LogP contribution < -0.4 is 0 Å². The summed E-state index contributed by atoms with van der Waals surface area (Å²) in [5.74, 6) is 0.853. The van der Waals surface area contributed by atoms with Gasteiger partial charge in [0.25, 0.3) is 0 Å². The summed E-state index contributed by atoms with van der Waals surface area (Å²) >= 11 is 6.01. The third-order valence-corrected chi connectivity index (χ3v) is 4.10. The van der Waals surface area contributed by atoms with Crippen LogP contribution >= 0.6 is 11.6 Å². The third-order valence-electron chi connectivity index (χ3n) is 3.86. The Bertz CT molecular complexity index is 632. The molecule has 0 spiro atoms. The lowest BCUT2D eigenvalue weighted by Gasteiger charge is -2.27. The fourth-order valence-corrected chi connectivity index (χ4v) is 2.96. The Hall–Kier alpha value is -1.13. The first-order valence-corrected chi connectivity index (χ1v) is 6.90. The molecule has 0 saturated carbocycles. The second-order valence-corrected chi connectivity index (χ2v) is 5.65. The second kappa shape index (κ2) is 4.46. The van der Waals surface area contributed by atoms with Gasteiger partial charge in [0.2, 0.25) is 0 Å². The Morgan fingerprint density at radius 2 is 2.32 bits per heavy atom. The minimum Gasteiger partial charge on any atom is -0.379 e. The molecule has 1 atom stereocenters. The lowest BCUT2D eigenvalue weighted by molar-refractivity contribution is 0.162. The highest BCUT2D eigenvalue weighted by molar-refractivity contribution is 6.16. The van der Waals surface area contributed by atoms with Gasteiger partial charge < -0.3 is 9.30 Å². The van der Waals surface area contributed by atoms with E-state index in [1.54, 1.807) is 6.92 Å². The maximum Gasteiger partial charge on any atom is 0.128 e. The highest BCUT2D eigenvalue weighted by atomic mass is 35.5. The van der Waals surface area contributed by atoms with Crippen LogP contribution in [0.3, 0.4) is 0 Å². The van der Waals surface area contributed by atoms with Gasteiger partial charge in [-0.3, -0.25) is 0 Å². The van der Waals surface area contributed by atoms with E-state index < -0.39 is 0 Å². The van der Waals surface area contributed by atoms with Crippen molar-refractivity contribution in [2.24, 2.45) is 0 Å². The predicted molar refractivity (Wildman–Crippen MR) is 73.1 cm³/mol. The molecule has 1 aromatic heterocycles. The standard InChI is InChI=1S/C14H16ClFN2O/c1-9-5-12-11(6-10(9)16)17-13(7-15)18(12)14(2)3-4-19-8-14/h5-6H,3-4,7-8H2,1-2H3. The average Bonchev–Trinajstić information content (AvgIpc) is 2.94. The van der Waals surface area contributed by atoms with Crippen molar-refractivity contribution in [3.05, 3.63) is 29.3 Å². The van der Waals surface area contributed by atoms with Gasteiger partial charge in [-0.05, 0) is 31.9 Å². The van der Waals surface area contributed by atoms with Crippen LogP contribution in [0.5, 0.6) is 0 Å². The number of halogens is 2. The number of imidazole rings is 1. The normalized spacial score (nSPS) is 23.4. The molecule has 1 fully saturated rings. The van der Waals surface area contributed by atoms with Crippen molar-refractivity contribution in [3.63, 3.8) is 0 Å². The fourth-order valence-electron chi connectivity index (χ4n) is 2.78. The number of aryl methyl sites for hydroxylation is 1. The highest BCUT2D eigenvalue weighted by Crippen LogP contribution is 2.33. The van der Waals surface area contributed by atoms with Gasteiger partial charge in [-0.25, -0.2) is 9.37 Å².